The van der Waals surface area contributed by atoms with Crippen molar-refractivity contribution >= 4 is 21.8 Å². The van der Waals surface area contributed by atoms with Crippen LogP contribution < -0.4 is 0 Å². The van der Waals surface area contributed by atoms with Crippen molar-refractivity contribution < 1.29 is 31.1 Å². The summed E-state index contributed by atoms with van der Waals surface area (Å²) in [6, 6.07) is 1.38. The Labute approximate surface area is 185 Å². The molecule has 7 nitrogen and oxygen atoms in total. The average molecular weight is 523 g/mol. The van der Waals surface area contributed by atoms with Gasteiger partial charge in [-0.05, 0) is 47.1 Å². The van der Waals surface area contributed by atoms with Gasteiger partial charge in [0.05, 0.1) is 17.2 Å². The van der Waals surface area contributed by atoms with E-state index in [-0.39, 0.29) is 22.6 Å². The van der Waals surface area contributed by atoms with Crippen molar-refractivity contribution in [3.63, 3.8) is 0 Å². The highest BCUT2D eigenvalue weighted by molar-refractivity contribution is 9.10. The van der Waals surface area contributed by atoms with Gasteiger partial charge in [-0.1, -0.05) is 0 Å². The Kier molecular flexibility index (Phi) is 6.26. The van der Waals surface area contributed by atoms with Crippen LogP contribution in [-0.2, 0) is 12.4 Å². The molecule has 1 atom stereocenters. The Morgan fingerprint density at radius 1 is 1.03 bits per heavy atom. The summed E-state index contributed by atoms with van der Waals surface area (Å²) in [7, 11) is 1.22. The average Bonchev–Trinajstić information content (AvgIpc) is 3.12. The molecule has 0 fully saturated rings. The third kappa shape index (κ3) is 4.89. The highest BCUT2D eigenvalue weighted by Gasteiger charge is 2.38. The molecule has 0 aliphatic rings. The Hall–Kier alpha value is -3.03. The molecule has 0 spiro atoms. The molecule has 3 rings (SSSR count). The maximum atomic E-state index is 13.1. The van der Waals surface area contributed by atoms with Gasteiger partial charge < -0.3 is 4.90 Å². The van der Waals surface area contributed by atoms with E-state index in [1.807, 2.05) is 0 Å². The molecule has 1 aromatic carbocycles. The second-order valence-corrected chi connectivity index (χ2v) is 7.30. The second kappa shape index (κ2) is 8.48. The SMILES string of the molecule is CC(c1nc(Br)n(-c2ncccn2)n1)N(C)C(=O)c1cc(C(F)(F)F)cc(C(F)(F)F)c1. The fourth-order valence-corrected chi connectivity index (χ4v) is 3.06. The molecule has 170 valence electrons. The highest BCUT2D eigenvalue weighted by atomic mass is 79.9. The van der Waals surface area contributed by atoms with Crippen molar-refractivity contribution in [2.75, 3.05) is 7.05 Å². The van der Waals surface area contributed by atoms with Crippen LogP contribution in [0.25, 0.3) is 5.95 Å². The maximum Gasteiger partial charge on any atom is 0.416 e. The van der Waals surface area contributed by atoms with Crippen molar-refractivity contribution in [2.45, 2.75) is 25.3 Å². The Balaban J connectivity index is 1.95. The molecule has 0 bridgehead atoms. The first kappa shape index (κ1) is 23.6. The normalized spacial score (nSPS) is 13.2. The molecule has 3 aromatic rings. The third-order valence-corrected chi connectivity index (χ3v) is 4.95. The molecule has 2 heterocycles. The summed E-state index contributed by atoms with van der Waals surface area (Å²) in [6.45, 7) is 1.47. The smallest absolute Gasteiger partial charge is 0.332 e. The van der Waals surface area contributed by atoms with Gasteiger partial charge >= 0.3 is 12.4 Å². The van der Waals surface area contributed by atoms with Gasteiger partial charge in [0.25, 0.3) is 11.9 Å². The van der Waals surface area contributed by atoms with E-state index in [0.29, 0.717) is 12.1 Å². The lowest BCUT2D eigenvalue weighted by Gasteiger charge is -2.23. The molecule has 14 heteroatoms. The van der Waals surface area contributed by atoms with E-state index in [9.17, 15) is 31.1 Å². The number of amides is 1. The summed E-state index contributed by atoms with van der Waals surface area (Å²) in [5.41, 5.74) is -3.93. The number of hydrogen-bond donors (Lipinski definition) is 0. The van der Waals surface area contributed by atoms with E-state index in [1.165, 1.54) is 31.0 Å². The van der Waals surface area contributed by atoms with Crippen molar-refractivity contribution in [1.29, 1.82) is 0 Å². The lowest BCUT2D eigenvalue weighted by Crippen LogP contribution is -2.31. The molecule has 0 saturated carbocycles. The summed E-state index contributed by atoms with van der Waals surface area (Å²) in [5.74, 6) is -0.854. The zero-order valence-corrected chi connectivity index (χ0v) is 17.9. The number of nitrogens with zero attached hydrogens (tertiary/aromatic N) is 6. The molecular weight excluding hydrogens is 510 g/mol. The summed E-state index contributed by atoms with van der Waals surface area (Å²) in [6.07, 6.45) is -7.22. The molecule has 0 N–H and O–H groups in total. The van der Waals surface area contributed by atoms with E-state index in [4.69, 9.17) is 0 Å². The molecule has 32 heavy (non-hydrogen) atoms. The Bertz CT molecular complexity index is 1100. The first-order valence-electron chi connectivity index (χ1n) is 8.75. The van der Waals surface area contributed by atoms with Gasteiger partial charge in [-0.2, -0.15) is 31.0 Å². The topological polar surface area (TPSA) is 76.8 Å². The fraction of sp³-hybridized carbons (Fsp3) is 0.278. The molecule has 0 aliphatic carbocycles. The molecule has 1 unspecified atom stereocenters. The van der Waals surface area contributed by atoms with Crippen LogP contribution in [0.15, 0.2) is 41.4 Å². The summed E-state index contributed by atoms with van der Waals surface area (Å²) >= 11 is 3.17. The van der Waals surface area contributed by atoms with E-state index in [1.54, 1.807) is 6.07 Å². The van der Waals surface area contributed by atoms with Crippen LogP contribution in [0.5, 0.6) is 0 Å². The number of hydrogen-bond acceptors (Lipinski definition) is 5. The second-order valence-electron chi connectivity index (χ2n) is 6.59. The van der Waals surface area contributed by atoms with Crippen molar-refractivity contribution in [3.05, 3.63) is 63.9 Å². The summed E-state index contributed by atoms with van der Waals surface area (Å²) in [4.78, 5) is 25.8. The quantitative estimate of drug-likeness (QED) is 0.464. The molecule has 2 aromatic heterocycles. The maximum absolute atomic E-state index is 13.1. The van der Waals surface area contributed by atoms with E-state index >= 15 is 0 Å². The lowest BCUT2D eigenvalue weighted by atomic mass is 10.0. The van der Waals surface area contributed by atoms with Crippen LogP contribution in [-0.4, -0.2) is 42.6 Å². The molecule has 0 aliphatic heterocycles. The molecule has 0 saturated heterocycles. The predicted molar refractivity (Wildman–Crippen MR) is 102 cm³/mol. The Morgan fingerprint density at radius 2 is 1.56 bits per heavy atom. The number of carbonyl (C=O) groups excluding carboxylic acids is 1. The number of benzene rings is 1. The van der Waals surface area contributed by atoms with Gasteiger partial charge in [0.2, 0.25) is 4.73 Å². The molecular formula is C18H13BrF6N6O. The number of rotatable bonds is 4. The minimum Gasteiger partial charge on any atom is -0.332 e. The predicted octanol–water partition coefficient (Wildman–Crippen LogP) is 4.69. The van der Waals surface area contributed by atoms with Gasteiger partial charge in [-0.3, -0.25) is 4.79 Å². The Morgan fingerprint density at radius 3 is 2.06 bits per heavy atom. The zero-order chi connectivity index (χ0) is 23.8. The van der Waals surface area contributed by atoms with E-state index < -0.39 is 41.0 Å². The standard InChI is InChI=1S/C18H13BrF6N6O/c1-9(13-28-15(19)31(29-13)16-26-4-3-5-27-16)30(2)14(32)10-6-11(17(20,21)22)8-12(7-10)18(23,24)25/h3-9H,1-2H3. The van der Waals surface area contributed by atoms with Gasteiger partial charge in [0.1, 0.15) is 0 Å². The lowest BCUT2D eigenvalue weighted by molar-refractivity contribution is -0.143. The van der Waals surface area contributed by atoms with Crippen LogP contribution >= 0.6 is 15.9 Å². The van der Waals surface area contributed by atoms with Crippen LogP contribution in [0, 0.1) is 0 Å². The first-order valence-corrected chi connectivity index (χ1v) is 9.55. The van der Waals surface area contributed by atoms with Gasteiger partial charge in [-0.15, -0.1) is 5.10 Å². The van der Waals surface area contributed by atoms with Crippen molar-refractivity contribution in [3.8, 4) is 5.95 Å². The highest BCUT2D eigenvalue weighted by Crippen LogP contribution is 2.36. The van der Waals surface area contributed by atoms with E-state index in [0.717, 1.165) is 4.90 Å². The van der Waals surface area contributed by atoms with Crippen LogP contribution in [0.2, 0.25) is 0 Å². The van der Waals surface area contributed by atoms with Crippen LogP contribution in [0.3, 0.4) is 0 Å². The van der Waals surface area contributed by atoms with Crippen molar-refractivity contribution in [1.82, 2.24) is 29.6 Å². The summed E-state index contributed by atoms with van der Waals surface area (Å²) in [5, 5.41) is 4.17. The minimum atomic E-state index is -5.07. The zero-order valence-electron chi connectivity index (χ0n) is 16.3. The fourth-order valence-electron chi connectivity index (χ4n) is 2.64. The molecule has 1 amide bonds. The largest absolute Gasteiger partial charge is 0.416 e. The van der Waals surface area contributed by atoms with Gasteiger partial charge in [0, 0.05) is 25.0 Å². The van der Waals surface area contributed by atoms with E-state index in [2.05, 4.69) is 36.0 Å². The summed E-state index contributed by atoms with van der Waals surface area (Å²) < 4.78 is 80.0. The number of carbonyl (C=O) groups is 1. The van der Waals surface area contributed by atoms with Gasteiger partial charge in [-0.25, -0.2) is 15.0 Å². The van der Waals surface area contributed by atoms with Crippen LogP contribution in [0.4, 0.5) is 26.3 Å². The third-order valence-electron chi connectivity index (χ3n) is 4.44. The monoisotopic (exact) mass is 522 g/mol. The van der Waals surface area contributed by atoms with Crippen LogP contribution in [0.1, 0.15) is 40.3 Å². The number of halogens is 7. The van der Waals surface area contributed by atoms with Crippen molar-refractivity contribution in [2.24, 2.45) is 0 Å². The number of aromatic nitrogens is 5. The first-order chi connectivity index (χ1) is 14.8. The number of alkyl halides is 6. The minimum absolute atomic E-state index is 0.0413. The van der Waals surface area contributed by atoms with Gasteiger partial charge in [0.15, 0.2) is 5.82 Å². The molecule has 0 radical (unpaired) electrons.